The van der Waals surface area contributed by atoms with E-state index >= 15 is 0 Å². The van der Waals surface area contributed by atoms with E-state index in [1.54, 1.807) is 0 Å². The van der Waals surface area contributed by atoms with Crippen LogP contribution in [0.1, 0.15) is 258 Å². The summed E-state index contributed by atoms with van der Waals surface area (Å²) < 4.78 is 16.7. The van der Waals surface area contributed by atoms with Crippen LogP contribution in [0.4, 0.5) is 0 Å². The molecule has 328 valence electrons. The van der Waals surface area contributed by atoms with Gasteiger partial charge in [-0.1, -0.05) is 218 Å². The van der Waals surface area contributed by atoms with Crippen LogP contribution in [0.2, 0.25) is 0 Å². The van der Waals surface area contributed by atoms with Crippen LogP contribution < -0.4 is 0 Å². The van der Waals surface area contributed by atoms with Gasteiger partial charge in [-0.3, -0.25) is 14.4 Å². The summed E-state index contributed by atoms with van der Waals surface area (Å²) in [5, 5.41) is 0. The Morgan fingerprint density at radius 3 is 1.04 bits per heavy atom. The fraction of sp³-hybridized carbons (Fsp3) is 0.860. The smallest absolute Gasteiger partial charge is 0.306 e. The van der Waals surface area contributed by atoms with Gasteiger partial charge in [-0.25, -0.2) is 0 Å². The number of hydrogen-bond acceptors (Lipinski definition) is 6. The molecule has 0 aromatic carbocycles. The normalized spacial score (nSPS) is 12.1. The Bertz CT molecular complexity index is 911. The minimum Gasteiger partial charge on any atom is -0.462 e. The predicted molar refractivity (Wildman–Crippen MR) is 238 cm³/mol. The zero-order valence-electron chi connectivity index (χ0n) is 37.4. The number of rotatable bonds is 44. The number of carbonyl (C=O) groups is 3. The number of carbonyl (C=O) groups excluding carboxylic acids is 3. The Morgan fingerprint density at radius 1 is 0.357 bits per heavy atom. The fourth-order valence-corrected chi connectivity index (χ4v) is 6.99. The van der Waals surface area contributed by atoms with Crippen molar-refractivity contribution in [3.8, 4) is 0 Å². The third-order valence-corrected chi connectivity index (χ3v) is 10.7. The molecule has 1 atom stereocenters. The van der Waals surface area contributed by atoms with E-state index in [4.69, 9.17) is 14.2 Å². The first kappa shape index (κ1) is 53.9. The molecule has 0 radical (unpaired) electrons. The summed E-state index contributed by atoms with van der Waals surface area (Å²) in [6, 6.07) is 0. The summed E-state index contributed by atoms with van der Waals surface area (Å²) >= 11 is 0. The van der Waals surface area contributed by atoms with E-state index in [9.17, 15) is 14.4 Å². The number of unbranched alkanes of at least 4 members (excludes halogenated alkanes) is 29. The van der Waals surface area contributed by atoms with E-state index in [1.807, 2.05) is 0 Å². The van der Waals surface area contributed by atoms with Crippen LogP contribution in [0.25, 0.3) is 0 Å². The van der Waals surface area contributed by atoms with Gasteiger partial charge in [0.1, 0.15) is 13.2 Å². The second-order valence-electron chi connectivity index (χ2n) is 16.4. The quantitative estimate of drug-likeness (QED) is 0.0265. The monoisotopic (exact) mass is 789 g/mol. The van der Waals surface area contributed by atoms with Crippen LogP contribution in [0.3, 0.4) is 0 Å². The Labute approximate surface area is 347 Å². The van der Waals surface area contributed by atoms with Crippen molar-refractivity contribution >= 4 is 17.9 Å². The standard InChI is InChI=1S/C50H92O6/c1-4-7-10-13-16-19-22-24-26-28-31-34-37-40-43-49(52)55-46-47(45-54-48(51)42-39-36-33-30-27-21-18-15-12-9-6-3)56-50(53)44-41-38-35-32-29-25-23-20-17-14-11-8-5-2/h13,16,22,24,47H,4-12,14-15,17-21,23,25-46H2,1-3H3/b16-13-,24-22-/t47-/m1/s1. The highest BCUT2D eigenvalue weighted by molar-refractivity contribution is 5.71. The first-order valence-electron chi connectivity index (χ1n) is 24.3. The molecule has 0 unspecified atom stereocenters. The lowest BCUT2D eigenvalue weighted by Gasteiger charge is -2.18. The highest BCUT2D eigenvalue weighted by Crippen LogP contribution is 2.15. The maximum atomic E-state index is 12.7. The minimum atomic E-state index is -0.769. The van der Waals surface area contributed by atoms with E-state index in [-0.39, 0.29) is 31.1 Å². The molecular weight excluding hydrogens is 697 g/mol. The molecule has 0 saturated heterocycles. The van der Waals surface area contributed by atoms with E-state index in [0.717, 1.165) is 77.0 Å². The van der Waals surface area contributed by atoms with Crippen molar-refractivity contribution in [3.05, 3.63) is 24.3 Å². The SMILES string of the molecule is CCCC/C=C\C/C=C\CCCCCCCC(=O)OC[C@@H](COC(=O)CCCCCCCCCCCCC)OC(=O)CCCCCCCCCCCCCCC. The molecule has 6 nitrogen and oxygen atoms in total. The van der Waals surface area contributed by atoms with E-state index in [1.165, 1.54) is 141 Å². The summed E-state index contributed by atoms with van der Waals surface area (Å²) in [6.45, 7) is 6.59. The fourth-order valence-electron chi connectivity index (χ4n) is 6.99. The molecule has 56 heavy (non-hydrogen) atoms. The van der Waals surface area contributed by atoms with E-state index in [0.29, 0.717) is 19.3 Å². The number of esters is 3. The Morgan fingerprint density at radius 2 is 0.661 bits per heavy atom. The summed E-state index contributed by atoms with van der Waals surface area (Å²) in [5.74, 6) is -0.877. The van der Waals surface area contributed by atoms with Gasteiger partial charge in [-0.2, -0.15) is 0 Å². The lowest BCUT2D eigenvalue weighted by molar-refractivity contribution is -0.167. The third-order valence-electron chi connectivity index (χ3n) is 10.7. The van der Waals surface area contributed by atoms with Gasteiger partial charge in [0.2, 0.25) is 0 Å². The van der Waals surface area contributed by atoms with Crippen LogP contribution in [0, 0.1) is 0 Å². The van der Waals surface area contributed by atoms with Crippen LogP contribution in [0.5, 0.6) is 0 Å². The van der Waals surface area contributed by atoms with Crippen LogP contribution in [-0.4, -0.2) is 37.2 Å². The maximum absolute atomic E-state index is 12.7. The second kappa shape index (κ2) is 45.6. The van der Waals surface area contributed by atoms with Gasteiger partial charge in [-0.15, -0.1) is 0 Å². The van der Waals surface area contributed by atoms with Gasteiger partial charge in [0.15, 0.2) is 6.10 Å². The van der Waals surface area contributed by atoms with Crippen molar-refractivity contribution in [2.45, 2.75) is 264 Å². The Balaban J connectivity index is 4.36. The molecule has 0 aliphatic rings. The molecule has 6 heteroatoms. The average molecular weight is 789 g/mol. The Hall–Kier alpha value is -2.11. The summed E-state index contributed by atoms with van der Waals surface area (Å²) in [5.41, 5.74) is 0. The topological polar surface area (TPSA) is 78.9 Å². The maximum Gasteiger partial charge on any atom is 0.306 e. The molecule has 0 amide bonds. The van der Waals surface area contributed by atoms with Gasteiger partial charge in [-0.05, 0) is 44.9 Å². The van der Waals surface area contributed by atoms with Crippen molar-refractivity contribution in [2.24, 2.45) is 0 Å². The zero-order chi connectivity index (χ0) is 40.8. The van der Waals surface area contributed by atoms with Crippen LogP contribution in [0.15, 0.2) is 24.3 Å². The second-order valence-corrected chi connectivity index (χ2v) is 16.4. The summed E-state index contributed by atoms with van der Waals surface area (Å²) in [4.78, 5) is 37.8. The molecule has 0 aromatic rings. The summed E-state index contributed by atoms with van der Waals surface area (Å²) in [7, 11) is 0. The van der Waals surface area contributed by atoms with Gasteiger partial charge < -0.3 is 14.2 Å². The number of ether oxygens (including phenoxy) is 3. The lowest BCUT2D eigenvalue weighted by atomic mass is 10.0. The van der Waals surface area contributed by atoms with Gasteiger partial charge in [0.05, 0.1) is 0 Å². The van der Waals surface area contributed by atoms with E-state index in [2.05, 4.69) is 45.1 Å². The third kappa shape index (κ3) is 43.0. The summed E-state index contributed by atoms with van der Waals surface area (Å²) in [6.07, 6.45) is 50.1. The molecule has 0 saturated carbocycles. The highest BCUT2D eigenvalue weighted by atomic mass is 16.6. The van der Waals surface area contributed by atoms with Crippen LogP contribution >= 0.6 is 0 Å². The molecule has 0 rings (SSSR count). The van der Waals surface area contributed by atoms with Crippen molar-refractivity contribution < 1.29 is 28.6 Å². The zero-order valence-corrected chi connectivity index (χ0v) is 37.4. The van der Waals surface area contributed by atoms with Gasteiger partial charge in [0.25, 0.3) is 0 Å². The first-order chi connectivity index (χ1) is 27.5. The molecule has 0 N–H and O–H groups in total. The van der Waals surface area contributed by atoms with Crippen molar-refractivity contribution in [3.63, 3.8) is 0 Å². The molecule has 0 bridgehead atoms. The van der Waals surface area contributed by atoms with Crippen molar-refractivity contribution in [1.29, 1.82) is 0 Å². The Kier molecular flexibility index (Phi) is 43.9. The molecule has 0 heterocycles. The van der Waals surface area contributed by atoms with Crippen molar-refractivity contribution in [1.82, 2.24) is 0 Å². The lowest BCUT2D eigenvalue weighted by Crippen LogP contribution is -2.30. The van der Waals surface area contributed by atoms with Crippen LogP contribution in [-0.2, 0) is 28.6 Å². The molecule has 0 aliphatic carbocycles. The molecule has 0 fully saturated rings. The average Bonchev–Trinajstić information content (AvgIpc) is 3.19. The first-order valence-corrected chi connectivity index (χ1v) is 24.3. The predicted octanol–water partition coefficient (Wildman–Crippen LogP) is 15.6. The van der Waals surface area contributed by atoms with Crippen molar-refractivity contribution in [2.75, 3.05) is 13.2 Å². The minimum absolute atomic E-state index is 0.0713. The number of allylic oxidation sites excluding steroid dienone is 4. The highest BCUT2D eigenvalue weighted by Gasteiger charge is 2.19. The largest absolute Gasteiger partial charge is 0.462 e. The van der Waals surface area contributed by atoms with E-state index < -0.39 is 6.10 Å². The molecule has 0 aliphatic heterocycles. The molecular formula is C50H92O6. The van der Waals surface area contributed by atoms with Gasteiger partial charge in [0, 0.05) is 19.3 Å². The number of hydrogen-bond donors (Lipinski definition) is 0. The molecule has 0 aromatic heterocycles. The van der Waals surface area contributed by atoms with Gasteiger partial charge >= 0.3 is 17.9 Å². The molecule has 0 spiro atoms.